The van der Waals surface area contributed by atoms with Gasteiger partial charge in [-0.1, -0.05) is 35.9 Å². The van der Waals surface area contributed by atoms with E-state index in [-0.39, 0.29) is 5.91 Å². The van der Waals surface area contributed by atoms with E-state index < -0.39 is 5.54 Å². The first-order chi connectivity index (χ1) is 14.1. The second-order valence-corrected chi connectivity index (χ2v) is 7.82. The first-order valence-electron chi connectivity index (χ1n) is 9.85. The van der Waals surface area contributed by atoms with Gasteiger partial charge in [0.05, 0.1) is 41.7 Å². The molecular weight excluding hydrogens is 388 g/mol. The molecular formula is C22H25ClN4O2. The smallest absolute Gasteiger partial charge is 0.255 e. The van der Waals surface area contributed by atoms with Crippen LogP contribution in [-0.4, -0.2) is 55.5 Å². The van der Waals surface area contributed by atoms with Crippen molar-refractivity contribution in [3.8, 4) is 0 Å². The average molecular weight is 413 g/mol. The summed E-state index contributed by atoms with van der Waals surface area (Å²) < 4.78 is 5.17. The third kappa shape index (κ3) is 3.95. The zero-order valence-corrected chi connectivity index (χ0v) is 17.2. The van der Waals surface area contributed by atoms with Gasteiger partial charge in [-0.05, 0) is 37.1 Å². The van der Waals surface area contributed by atoms with Gasteiger partial charge < -0.3 is 20.3 Å². The lowest BCUT2D eigenvalue weighted by atomic mass is 9.85. The van der Waals surface area contributed by atoms with Crippen LogP contribution in [0.3, 0.4) is 0 Å². The standard InChI is InChI=1S/C22H25ClN4O2/c1-29-14-12-24-21-22(26-19-10-5-4-9-18(19)25-21)11-6-13-27(15-22)20(28)16-7-2-3-8-17(16)23/h2-5,7-10,26H,6,11-15H2,1H3,(H,24,25)/t22-/m1/s1. The number of ether oxygens (including phenoxy) is 1. The number of nitrogens with one attached hydrogen (secondary N) is 2. The van der Waals surface area contributed by atoms with Gasteiger partial charge in [-0.25, -0.2) is 0 Å². The SMILES string of the molecule is COCCN=C1Nc2ccccc2N[C@@]12CCCN(C(=O)c1ccccc1Cl)C2. The van der Waals surface area contributed by atoms with E-state index in [1.54, 1.807) is 19.2 Å². The summed E-state index contributed by atoms with van der Waals surface area (Å²) in [6.45, 7) is 2.32. The molecule has 0 aliphatic carbocycles. The third-order valence-electron chi connectivity index (χ3n) is 5.46. The number of amidine groups is 1. The minimum Gasteiger partial charge on any atom is -0.383 e. The molecule has 1 saturated heterocycles. The van der Waals surface area contributed by atoms with E-state index >= 15 is 0 Å². The van der Waals surface area contributed by atoms with Gasteiger partial charge in [0.15, 0.2) is 0 Å². The Kier molecular flexibility index (Phi) is 5.74. The maximum Gasteiger partial charge on any atom is 0.255 e. The van der Waals surface area contributed by atoms with Crippen LogP contribution in [0, 0.1) is 0 Å². The Hall–Kier alpha value is -2.57. The largest absolute Gasteiger partial charge is 0.383 e. The molecule has 2 aromatic rings. The molecule has 1 fully saturated rings. The maximum absolute atomic E-state index is 13.2. The van der Waals surface area contributed by atoms with Crippen molar-refractivity contribution in [2.75, 3.05) is 44.0 Å². The highest BCUT2D eigenvalue weighted by atomic mass is 35.5. The van der Waals surface area contributed by atoms with Gasteiger partial charge in [-0.2, -0.15) is 0 Å². The molecule has 2 heterocycles. The number of piperidine rings is 1. The van der Waals surface area contributed by atoms with E-state index in [1.807, 2.05) is 41.3 Å². The third-order valence-corrected chi connectivity index (χ3v) is 5.79. The number of carbonyl (C=O) groups is 1. The van der Waals surface area contributed by atoms with E-state index in [0.29, 0.717) is 36.8 Å². The molecule has 7 heteroatoms. The summed E-state index contributed by atoms with van der Waals surface area (Å²) in [6.07, 6.45) is 1.75. The zero-order valence-electron chi connectivity index (χ0n) is 16.5. The molecule has 152 valence electrons. The van der Waals surface area contributed by atoms with Crippen molar-refractivity contribution in [2.24, 2.45) is 4.99 Å². The minimum absolute atomic E-state index is 0.0495. The fourth-order valence-electron chi connectivity index (χ4n) is 4.03. The van der Waals surface area contributed by atoms with Gasteiger partial charge in [0.25, 0.3) is 5.91 Å². The number of hydrogen-bond acceptors (Lipinski definition) is 4. The Morgan fingerprint density at radius 2 is 1.97 bits per heavy atom. The number of fused-ring (bicyclic) bond motifs is 1. The molecule has 0 unspecified atom stereocenters. The Morgan fingerprint density at radius 3 is 2.76 bits per heavy atom. The summed E-state index contributed by atoms with van der Waals surface area (Å²) in [5, 5.41) is 7.65. The number of methoxy groups -OCH3 is 1. The maximum atomic E-state index is 13.2. The van der Waals surface area contributed by atoms with E-state index in [9.17, 15) is 4.79 Å². The number of anilines is 2. The summed E-state index contributed by atoms with van der Waals surface area (Å²) in [7, 11) is 1.67. The van der Waals surface area contributed by atoms with E-state index in [0.717, 1.165) is 30.1 Å². The fourth-order valence-corrected chi connectivity index (χ4v) is 4.25. The second-order valence-electron chi connectivity index (χ2n) is 7.41. The van der Waals surface area contributed by atoms with Crippen molar-refractivity contribution >= 4 is 34.7 Å². The predicted molar refractivity (Wildman–Crippen MR) is 117 cm³/mol. The number of halogens is 1. The number of para-hydroxylation sites is 2. The monoisotopic (exact) mass is 412 g/mol. The Balaban J connectivity index is 1.65. The lowest BCUT2D eigenvalue weighted by Gasteiger charge is -2.47. The van der Waals surface area contributed by atoms with Gasteiger partial charge in [-0.15, -0.1) is 0 Å². The highest BCUT2D eigenvalue weighted by Crippen LogP contribution is 2.36. The molecule has 0 radical (unpaired) electrons. The minimum atomic E-state index is -0.461. The summed E-state index contributed by atoms with van der Waals surface area (Å²) in [4.78, 5) is 19.9. The summed E-state index contributed by atoms with van der Waals surface area (Å²) in [5.41, 5.74) is 2.08. The first kappa shape index (κ1) is 19.7. The average Bonchev–Trinajstić information content (AvgIpc) is 2.74. The van der Waals surface area contributed by atoms with E-state index in [4.69, 9.17) is 21.3 Å². The van der Waals surface area contributed by atoms with Crippen LogP contribution < -0.4 is 10.6 Å². The first-order valence-corrected chi connectivity index (χ1v) is 10.2. The van der Waals surface area contributed by atoms with Crippen LogP contribution in [0.2, 0.25) is 5.02 Å². The molecule has 1 spiro atoms. The van der Waals surface area contributed by atoms with E-state index in [2.05, 4.69) is 10.6 Å². The number of rotatable bonds is 4. The molecule has 1 atom stereocenters. The van der Waals surface area contributed by atoms with Crippen LogP contribution in [-0.2, 0) is 4.74 Å². The molecule has 1 amide bonds. The molecule has 2 N–H and O–H groups in total. The van der Waals surface area contributed by atoms with Crippen LogP contribution in [0.4, 0.5) is 11.4 Å². The normalized spacial score (nSPS) is 22.1. The summed E-state index contributed by atoms with van der Waals surface area (Å²) in [6, 6.07) is 15.3. The van der Waals surface area contributed by atoms with Gasteiger partial charge in [0.1, 0.15) is 11.4 Å². The molecule has 0 bridgehead atoms. The quantitative estimate of drug-likeness (QED) is 0.747. The van der Waals surface area contributed by atoms with Gasteiger partial charge in [0.2, 0.25) is 0 Å². The number of hydrogen-bond donors (Lipinski definition) is 2. The summed E-state index contributed by atoms with van der Waals surface area (Å²) >= 11 is 6.28. The molecule has 29 heavy (non-hydrogen) atoms. The topological polar surface area (TPSA) is 66.0 Å². The van der Waals surface area contributed by atoms with Crippen molar-refractivity contribution in [2.45, 2.75) is 18.4 Å². The van der Waals surface area contributed by atoms with Crippen LogP contribution in [0.15, 0.2) is 53.5 Å². The lowest BCUT2D eigenvalue weighted by Crippen LogP contribution is -2.62. The van der Waals surface area contributed by atoms with E-state index in [1.165, 1.54) is 0 Å². The van der Waals surface area contributed by atoms with Crippen LogP contribution in [0.5, 0.6) is 0 Å². The number of carbonyl (C=O) groups excluding carboxylic acids is 1. The van der Waals surface area contributed by atoms with Crippen molar-refractivity contribution in [3.05, 3.63) is 59.1 Å². The molecule has 2 aliphatic rings. The number of benzene rings is 2. The molecule has 4 rings (SSSR count). The second kappa shape index (κ2) is 8.43. The number of aliphatic imine (C=N–C) groups is 1. The fraction of sp³-hybridized carbons (Fsp3) is 0.364. The van der Waals surface area contributed by atoms with Crippen LogP contribution in [0.1, 0.15) is 23.2 Å². The van der Waals surface area contributed by atoms with Crippen LogP contribution >= 0.6 is 11.6 Å². The molecule has 2 aromatic carbocycles. The number of amides is 1. The Bertz CT molecular complexity index is 933. The number of likely N-dealkylation sites (tertiary alicyclic amines) is 1. The number of nitrogens with zero attached hydrogens (tertiary/aromatic N) is 2. The predicted octanol–water partition coefficient (Wildman–Crippen LogP) is 3.90. The van der Waals surface area contributed by atoms with Gasteiger partial charge in [0, 0.05) is 13.7 Å². The van der Waals surface area contributed by atoms with Gasteiger partial charge >= 0.3 is 0 Å². The highest BCUT2D eigenvalue weighted by molar-refractivity contribution is 6.33. The van der Waals surface area contributed by atoms with Crippen LogP contribution in [0.25, 0.3) is 0 Å². The Morgan fingerprint density at radius 1 is 1.21 bits per heavy atom. The lowest BCUT2D eigenvalue weighted by molar-refractivity contribution is 0.0694. The molecule has 6 nitrogen and oxygen atoms in total. The zero-order chi connectivity index (χ0) is 20.3. The Labute approximate surface area is 175 Å². The summed E-state index contributed by atoms with van der Waals surface area (Å²) in [5.74, 6) is 0.802. The van der Waals surface area contributed by atoms with Crippen molar-refractivity contribution < 1.29 is 9.53 Å². The van der Waals surface area contributed by atoms with Crippen molar-refractivity contribution in [1.82, 2.24) is 4.90 Å². The highest BCUT2D eigenvalue weighted by Gasteiger charge is 2.44. The molecule has 2 aliphatic heterocycles. The molecule has 0 saturated carbocycles. The van der Waals surface area contributed by atoms with Gasteiger partial charge in [-0.3, -0.25) is 9.79 Å². The van der Waals surface area contributed by atoms with Crippen molar-refractivity contribution in [1.29, 1.82) is 0 Å². The van der Waals surface area contributed by atoms with Crippen molar-refractivity contribution in [3.63, 3.8) is 0 Å². The molecule has 0 aromatic heterocycles.